The first-order chi connectivity index (χ1) is 38.0. The van der Waals surface area contributed by atoms with Crippen LogP contribution in [-0.2, 0) is 21.3 Å². The molecular formula is C59H67F2N9O8S. The van der Waals surface area contributed by atoms with Gasteiger partial charge in [-0.1, -0.05) is 30.3 Å². The number of pyridine rings is 1. The number of aromatic nitrogens is 2. The summed E-state index contributed by atoms with van der Waals surface area (Å²) in [7, 11) is -4.65. The molecule has 4 aliphatic heterocycles. The second-order valence-corrected chi connectivity index (χ2v) is 24.9. The number of aryl methyl sites for hydroxylation is 1. The summed E-state index contributed by atoms with van der Waals surface area (Å²) >= 11 is 0. The van der Waals surface area contributed by atoms with Gasteiger partial charge in [-0.25, -0.2) is 21.9 Å². The number of nitrogens with one attached hydrogen (secondary N) is 3. The zero-order valence-corrected chi connectivity index (χ0v) is 45.3. The summed E-state index contributed by atoms with van der Waals surface area (Å²) in [6, 6.07) is 25.9. The second kappa shape index (κ2) is 21.1. The van der Waals surface area contributed by atoms with Crippen molar-refractivity contribution in [2.45, 2.75) is 113 Å². The second-order valence-electron chi connectivity index (χ2n) is 23.2. The molecule has 2 saturated carbocycles. The molecule has 3 atom stereocenters. The number of anilines is 4. The number of carbonyl (C=O) groups excluding carboxylic acids is 1. The number of carbonyl (C=O) groups is 1. The van der Waals surface area contributed by atoms with Crippen molar-refractivity contribution in [2.75, 3.05) is 67.6 Å². The maximum absolute atomic E-state index is 14.8. The van der Waals surface area contributed by atoms with E-state index in [0.717, 1.165) is 94.0 Å². The summed E-state index contributed by atoms with van der Waals surface area (Å²) in [5, 5.41) is 26.8. The molecule has 6 aromatic rings. The van der Waals surface area contributed by atoms with Gasteiger partial charge < -0.3 is 34.7 Å². The minimum atomic E-state index is -4.65. The van der Waals surface area contributed by atoms with E-state index in [0.29, 0.717) is 67.9 Å². The van der Waals surface area contributed by atoms with Crippen LogP contribution in [0, 0.1) is 40.0 Å². The lowest BCUT2D eigenvalue weighted by Crippen LogP contribution is -2.59. The molecule has 17 nitrogen and oxygen atoms in total. The van der Waals surface area contributed by atoms with Gasteiger partial charge in [-0.2, -0.15) is 4.98 Å². The van der Waals surface area contributed by atoms with E-state index in [-0.39, 0.29) is 41.3 Å². The van der Waals surface area contributed by atoms with Crippen molar-refractivity contribution in [3.8, 4) is 5.88 Å². The van der Waals surface area contributed by atoms with Gasteiger partial charge in [0.2, 0.25) is 5.88 Å². The van der Waals surface area contributed by atoms with Crippen LogP contribution in [0.4, 0.5) is 37.2 Å². The molecule has 20 heteroatoms. The van der Waals surface area contributed by atoms with Crippen molar-refractivity contribution in [2.24, 2.45) is 11.3 Å². The van der Waals surface area contributed by atoms with Gasteiger partial charge in [0.05, 0.1) is 39.3 Å². The molecule has 2 aliphatic carbocycles. The normalized spacial score (nSPS) is 24.6. The molecule has 1 spiro atoms. The number of benzene rings is 4. The van der Waals surface area contributed by atoms with E-state index in [1.165, 1.54) is 35.4 Å². The zero-order chi connectivity index (χ0) is 54.8. The fraction of sp³-hybridized carbons (Fsp3) is 0.458. The molecule has 6 aliphatic rings. The number of piperazine rings is 1. The zero-order valence-electron chi connectivity index (χ0n) is 44.5. The largest absolute Gasteiger partial charge is 0.468 e. The highest BCUT2D eigenvalue weighted by Gasteiger charge is 2.50. The van der Waals surface area contributed by atoms with Gasteiger partial charge in [-0.15, -0.1) is 0 Å². The summed E-state index contributed by atoms with van der Waals surface area (Å²) in [6.45, 7) is 9.64. The Hall–Kier alpha value is -6.71. The first-order valence-corrected chi connectivity index (χ1v) is 29.2. The first-order valence-electron chi connectivity index (χ1n) is 27.7. The summed E-state index contributed by atoms with van der Waals surface area (Å²) < 4.78 is 71.3. The van der Waals surface area contributed by atoms with E-state index in [1.54, 1.807) is 18.3 Å². The number of aromatic amines is 1. The molecule has 4 aromatic carbocycles. The SMILES string of the molecule is Cc1ccccc1[C@@H]1CN(Cc2ccc(F)c(F)c2)CCN1C1CC2(CCN(c3ccc(C(=O)NS(=O)(=O)c4ccc(NCC5CCC(C)(O)CC5)c([N+](=O)[O-])c4)c(N4c5cc6cc[nH]c6nc5O[C@@H]5COCC[C@H]54)c3)CC2)C1. The molecule has 12 rings (SSSR count). The highest BCUT2D eigenvalue weighted by atomic mass is 32.2. The Morgan fingerprint density at radius 1 is 0.924 bits per heavy atom. The van der Waals surface area contributed by atoms with E-state index in [4.69, 9.17) is 14.5 Å². The van der Waals surface area contributed by atoms with Crippen molar-refractivity contribution in [3.05, 3.63) is 141 Å². The van der Waals surface area contributed by atoms with Gasteiger partial charge in [0.1, 0.15) is 23.1 Å². The molecular weight excluding hydrogens is 1030 g/mol. The standard InChI is InChI=1S/C59H67F2N9O8S/c1-37-5-3-4-6-44(37)53-35-66(34-39-7-11-46(60)47(61)27-39)24-25-68(53)42-31-59(32-42)19-22-67(23-20-59)41-8-10-45(50(29-41)69-49-16-26-77-36-54(49)78-57-52(69)28-40-15-21-62-55(40)64-57)56(71)65-79(75,76)43-9-12-48(51(30-43)70(73)74)63-33-38-13-17-58(2,72)18-14-38/h3-12,15,21,27-30,38,42,49,53-54,63,72H,13-14,16-20,22-26,31-36H2,1-2H3,(H,62,64)(H,65,71)/t38?,49-,53+,54-,58?/m1/s1. The fourth-order valence-electron chi connectivity index (χ4n) is 13.4. The van der Waals surface area contributed by atoms with Gasteiger partial charge in [-0.3, -0.25) is 24.7 Å². The van der Waals surface area contributed by atoms with Crippen molar-refractivity contribution < 1.29 is 41.5 Å². The van der Waals surface area contributed by atoms with Crippen LogP contribution in [0.2, 0.25) is 0 Å². The van der Waals surface area contributed by atoms with Crippen LogP contribution < -0.4 is 24.6 Å². The lowest BCUT2D eigenvalue weighted by Gasteiger charge is -2.58. The highest BCUT2D eigenvalue weighted by molar-refractivity contribution is 7.90. The predicted octanol–water partition coefficient (Wildman–Crippen LogP) is 9.53. The predicted molar refractivity (Wildman–Crippen MR) is 296 cm³/mol. The van der Waals surface area contributed by atoms with Gasteiger partial charge in [-0.05, 0) is 154 Å². The van der Waals surface area contributed by atoms with Crippen LogP contribution in [0.3, 0.4) is 0 Å². The first kappa shape index (κ1) is 53.0. The van der Waals surface area contributed by atoms with Crippen molar-refractivity contribution >= 4 is 55.4 Å². The summed E-state index contributed by atoms with van der Waals surface area (Å²) in [6.07, 6.45) is 8.68. The highest BCUT2D eigenvalue weighted by Crippen LogP contribution is 2.54. The van der Waals surface area contributed by atoms with Crippen molar-refractivity contribution in [1.29, 1.82) is 0 Å². The van der Waals surface area contributed by atoms with Crippen LogP contribution in [0.25, 0.3) is 11.0 Å². The Morgan fingerprint density at radius 2 is 1.72 bits per heavy atom. The molecule has 6 heterocycles. The number of nitrogens with zero attached hydrogens (tertiary/aromatic N) is 6. The van der Waals surface area contributed by atoms with E-state index in [9.17, 15) is 37.2 Å². The summed E-state index contributed by atoms with van der Waals surface area (Å²) in [5.41, 5.74) is 5.10. The lowest BCUT2D eigenvalue weighted by atomic mass is 9.59. The summed E-state index contributed by atoms with van der Waals surface area (Å²) in [4.78, 5) is 43.6. The van der Waals surface area contributed by atoms with E-state index >= 15 is 0 Å². The third kappa shape index (κ3) is 10.6. The quantitative estimate of drug-likeness (QED) is 0.0630. The molecule has 3 saturated heterocycles. The molecule has 0 bridgehead atoms. The number of H-pyrrole nitrogens is 1. The Kier molecular flexibility index (Phi) is 14.1. The molecule has 79 heavy (non-hydrogen) atoms. The maximum Gasteiger partial charge on any atom is 0.293 e. The minimum absolute atomic E-state index is 0.0854. The van der Waals surface area contributed by atoms with Crippen molar-refractivity contribution in [3.63, 3.8) is 0 Å². The number of nitro benzene ring substituents is 1. The lowest BCUT2D eigenvalue weighted by molar-refractivity contribution is -0.384. The smallest absolute Gasteiger partial charge is 0.293 e. The average molecular weight is 1100 g/mol. The number of amides is 1. The topological polar surface area (TPSA) is 199 Å². The molecule has 1 amide bonds. The molecule has 0 radical (unpaired) electrons. The molecule has 416 valence electrons. The van der Waals surface area contributed by atoms with Gasteiger partial charge in [0, 0.05) is 87.8 Å². The van der Waals surface area contributed by atoms with Crippen LogP contribution in [0.1, 0.15) is 97.8 Å². The van der Waals surface area contributed by atoms with Crippen LogP contribution in [0.15, 0.2) is 102 Å². The van der Waals surface area contributed by atoms with Crippen LogP contribution >= 0.6 is 0 Å². The number of piperidine rings is 1. The third-order valence-electron chi connectivity index (χ3n) is 18.0. The Bertz CT molecular complexity index is 3410. The Morgan fingerprint density at radius 3 is 2.49 bits per heavy atom. The number of nitro groups is 1. The minimum Gasteiger partial charge on any atom is -0.468 e. The number of fused-ring (bicyclic) bond motifs is 3. The summed E-state index contributed by atoms with van der Waals surface area (Å²) in [5.74, 6) is -2.05. The number of halogens is 2. The number of hydrogen-bond acceptors (Lipinski definition) is 14. The molecule has 4 N–H and O–H groups in total. The number of sulfonamides is 1. The molecule has 5 fully saturated rings. The van der Waals surface area contributed by atoms with E-state index < -0.39 is 54.8 Å². The maximum atomic E-state index is 14.8. The number of aliphatic hydroxyl groups is 1. The van der Waals surface area contributed by atoms with Crippen LogP contribution in [-0.4, -0.2) is 120 Å². The van der Waals surface area contributed by atoms with E-state index in [2.05, 4.69) is 65.8 Å². The number of hydrogen-bond donors (Lipinski definition) is 4. The Balaban J connectivity index is 0.796. The molecule has 0 unspecified atom stereocenters. The average Bonchev–Trinajstić information content (AvgIpc) is 3.89. The Labute approximate surface area is 458 Å². The van der Waals surface area contributed by atoms with Crippen LogP contribution in [0.5, 0.6) is 5.88 Å². The monoisotopic (exact) mass is 1100 g/mol. The third-order valence-corrected chi connectivity index (χ3v) is 19.3. The van der Waals surface area contributed by atoms with E-state index in [1.807, 2.05) is 31.2 Å². The van der Waals surface area contributed by atoms with Gasteiger partial charge in [0.15, 0.2) is 11.6 Å². The van der Waals surface area contributed by atoms with Gasteiger partial charge in [0.25, 0.3) is 21.6 Å². The number of ether oxygens (including phenoxy) is 2. The van der Waals surface area contributed by atoms with Crippen molar-refractivity contribution in [1.82, 2.24) is 24.5 Å². The number of rotatable bonds is 13. The molecule has 2 aromatic heterocycles. The fourth-order valence-corrected chi connectivity index (χ4v) is 14.4. The van der Waals surface area contributed by atoms with Gasteiger partial charge >= 0.3 is 0 Å².